The quantitative estimate of drug-likeness (QED) is 0.587. The van der Waals surface area contributed by atoms with Gasteiger partial charge in [0.25, 0.3) is 0 Å². The number of unbranched alkanes of at least 4 members (excludes halogenated alkanes) is 1. The molecule has 1 heterocycles. The van der Waals surface area contributed by atoms with E-state index in [1.807, 2.05) is 36.4 Å². The Morgan fingerprint density at radius 1 is 1.13 bits per heavy atom. The van der Waals surface area contributed by atoms with Gasteiger partial charge in [0.05, 0.1) is 18.7 Å². The number of esters is 1. The van der Waals surface area contributed by atoms with Crippen molar-refractivity contribution in [3.05, 3.63) is 76.0 Å². The summed E-state index contributed by atoms with van der Waals surface area (Å²) in [7, 11) is 1.33. The lowest BCUT2D eigenvalue weighted by atomic mass is 9.93. The Hall–Kier alpha value is -2.99. The molecule has 7 heteroatoms. The van der Waals surface area contributed by atoms with E-state index in [2.05, 4.69) is 17.6 Å². The molecule has 158 valence electrons. The number of rotatable bonds is 8. The van der Waals surface area contributed by atoms with Crippen LogP contribution in [0.25, 0.3) is 0 Å². The van der Waals surface area contributed by atoms with Crippen LogP contribution in [-0.4, -0.2) is 19.1 Å². The minimum absolute atomic E-state index is 0.259. The second kappa shape index (κ2) is 10.2. The Morgan fingerprint density at radius 2 is 1.87 bits per heavy atom. The molecule has 0 fully saturated rings. The first kappa shape index (κ1) is 21.7. The highest BCUT2D eigenvalue weighted by atomic mass is 35.5. The lowest BCUT2D eigenvalue weighted by molar-refractivity contribution is -0.136. The molecule has 0 aromatic heterocycles. The molecule has 30 heavy (non-hydrogen) atoms. The van der Waals surface area contributed by atoms with E-state index in [0.29, 0.717) is 34.0 Å². The first-order valence-corrected chi connectivity index (χ1v) is 10.3. The molecule has 3 rings (SSSR count). The molecule has 1 atom stereocenters. The third kappa shape index (κ3) is 4.94. The minimum Gasteiger partial charge on any atom is -0.488 e. The average Bonchev–Trinajstić information content (AvgIpc) is 2.76. The van der Waals surface area contributed by atoms with Gasteiger partial charge in [-0.1, -0.05) is 61.3 Å². The van der Waals surface area contributed by atoms with Crippen LogP contribution in [0, 0.1) is 0 Å². The molecule has 2 amide bonds. The number of halogens is 1. The van der Waals surface area contributed by atoms with Gasteiger partial charge in [-0.15, -0.1) is 0 Å². The highest BCUT2D eigenvalue weighted by Crippen LogP contribution is 2.35. The molecular formula is C23H25ClN2O4. The number of methoxy groups -OCH3 is 1. The van der Waals surface area contributed by atoms with Crippen LogP contribution in [0.3, 0.4) is 0 Å². The molecule has 0 aliphatic carbocycles. The van der Waals surface area contributed by atoms with Crippen LogP contribution in [0.15, 0.2) is 59.8 Å². The molecule has 0 radical (unpaired) electrons. The highest BCUT2D eigenvalue weighted by Gasteiger charge is 2.34. The molecule has 0 saturated carbocycles. The molecular weight excluding hydrogens is 404 g/mol. The standard InChI is InChI=1S/C23H25ClN2O4/c1-3-4-12-18-20(22(27)29-2)21(26-23(28)25-18)16-10-6-8-13-19(16)30-14-15-9-5-7-11-17(15)24/h5-11,13,21H,3-4,12,14H2,1-2H3,(H2,25,26,28). The summed E-state index contributed by atoms with van der Waals surface area (Å²) in [5.41, 5.74) is 2.49. The molecule has 2 N–H and O–H groups in total. The Balaban J connectivity index is 1.97. The molecule has 0 bridgehead atoms. The monoisotopic (exact) mass is 428 g/mol. The van der Waals surface area contributed by atoms with Gasteiger partial charge in [0, 0.05) is 21.8 Å². The number of ether oxygens (including phenoxy) is 2. The molecule has 2 aromatic carbocycles. The van der Waals surface area contributed by atoms with Crippen LogP contribution < -0.4 is 15.4 Å². The number of para-hydroxylation sites is 1. The third-order valence-corrected chi connectivity index (χ3v) is 5.28. The van der Waals surface area contributed by atoms with Crippen molar-refractivity contribution >= 4 is 23.6 Å². The Morgan fingerprint density at radius 3 is 2.60 bits per heavy atom. The molecule has 2 aromatic rings. The summed E-state index contributed by atoms with van der Waals surface area (Å²) in [5.74, 6) is 0.0698. The number of amides is 2. The zero-order valence-corrected chi connectivity index (χ0v) is 17.8. The normalized spacial score (nSPS) is 16.0. The summed E-state index contributed by atoms with van der Waals surface area (Å²) >= 11 is 6.24. The smallest absolute Gasteiger partial charge is 0.337 e. The number of hydrogen-bond acceptors (Lipinski definition) is 4. The average molecular weight is 429 g/mol. The largest absolute Gasteiger partial charge is 0.488 e. The molecule has 1 aliphatic heterocycles. The van der Waals surface area contributed by atoms with Crippen molar-refractivity contribution in [3.63, 3.8) is 0 Å². The predicted octanol–water partition coefficient (Wildman–Crippen LogP) is 4.89. The number of allylic oxidation sites excluding steroid dienone is 1. The fourth-order valence-corrected chi connectivity index (χ4v) is 3.56. The lowest BCUT2D eigenvalue weighted by Crippen LogP contribution is -2.46. The number of carbonyl (C=O) groups excluding carboxylic acids is 2. The van der Waals surface area contributed by atoms with Crippen molar-refractivity contribution in [2.75, 3.05) is 7.11 Å². The topological polar surface area (TPSA) is 76.7 Å². The Labute approximate surface area is 181 Å². The number of nitrogens with one attached hydrogen (secondary N) is 2. The van der Waals surface area contributed by atoms with Gasteiger partial charge in [-0.25, -0.2) is 9.59 Å². The first-order chi connectivity index (χ1) is 14.5. The van der Waals surface area contributed by atoms with Crippen LogP contribution in [0.4, 0.5) is 4.79 Å². The number of hydrogen-bond donors (Lipinski definition) is 2. The van der Waals surface area contributed by atoms with Gasteiger partial charge < -0.3 is 20.1 Å². The second-order valence-electron chi connectivity index (χ2n) is 6.94. The predicted molar refractivity (Wildman–Crippen MR) is 115 cm³/mol. The third-order valence-electron chi connectivity index (χ3n) is 4.91. The van der Waals surface area contributed by atoms with Gasteiger partial charge >= 0.3 is 12.0 Å². The van der Waals surface area contributed by atoms with E-state index in [9.17, 15) is 9.59 Å². The van der Waals surface area contributed by atoms with Gasteiger partial charge in [-0.2, -0.15) is 0 Å². The van der Waals surface area contributed by atoms with E-state index < -0.39 is 12.0 Å². The Bertz CT molecular complexity index is 958. The minimum atomic E-state index is -0.680. The van der Waals surface area contributed by atoms with Crippen LogP contribution in [-0.2, 0) is 16.1 Å². The summed E-state index contributed by atoms with van der Waals surface area (Å²) in [4.78, 5) is 25.0. The SMILES string of the molecule is CCCCC1=C(C(=O)OC)C(c2ccccc2OCc2ccccc2Cl)NC(=O)N1. The van der Waals surface area contributed by atoms with Gasteiger partial charge in [0.15, 0.2) is 0 Å². The molecule has 6 nitrogen and oxygen atoms in total. The summed E-state index contributed by atoms with van der Waals surface area (Å²) in [5, 5.41) is 6.22. The zero-order chi connectivity index (χ0) is 21.5. The van der Waals surface area contributed by atoms with Crippen LogP contribution in [0.2, 0.25) is 5.02 Å². The summed E-state index contributed by atoms with van der Waals surface area (Å²) < 4.78 is 11.1. The van der Waals surface area contributed by atoms with E-state index in [-0.39, 0.29) is 12.6 Å². The van der Waals surface area contributed by atoms with Crippen LogP contribution in [0.5, 0.6) is 5.75 Å². The van der Waals surface area contributed by atoms with Gasteiger partial charge in [-0.05, 0) is 25.0 Å². The van der Waals surface area contributed by atoms with Gasteiger partial charge in [0.1, 0.15) is 12.4 Å². The van der Waals surface area contributed by atoms with Crippen molar-refractivity contribution in [1.82, 2.24) is 10.6 Å². The molecule has 1 aliphatic rings. The summed E-state index contributed by atoms with van der Waals surface area (Å²) in [6.45, 7) is 2.31. The molecule has 0 saturated heterocycles. The maximum absolute atomic E-state index is 12.6. The number of urea groups is 1. The number of benzene rings is 2. The van der Waals surface area contributed by atoms with Crippen LogP contribution in [0.1, 0.15) is 43.4 Å². The van der Waals surface area contributed by atoms with Gasteiger partial charge in [-0.3, -0.25) is 0 Å². The lowest BCUT2D eigenvalue weighted by Gasteiger charge is -2.30. The molecule has 1 unspecified atom stereocenters. The van der Waals surface area contributed by atoms with E-state index in [1.165, 1.54) is 7.11 Å². The van der Waals surface area contributed by atoms with Crippen molar-refractivity contribution in [2.24, 2.45) is 0 Å². The zero-order valence-electron chi connectivity index (χ0n) is 17.0. The fourth-order valence-electron chi connectivity index (χ4n) is 3.37. The Kier molecular flexibility index (Phi) is 7.36. The van der Waals surface area contributed by atoms with E-state index in [1.54, 1.807) is 12.1 Å². The maximum atomic E-state index is 12.6. The second-order valence-corrected chi connectivity index (χ2v) is 7.34. The van der Waals surface area contributed by atoms with Crippen molar-refractivity contribution < 1.29 is 19.1 Å². The van der Waals surface area contributed by atoms with Gasteiger partial charge in [0.2, 0.25) is 0 Å². The molecule has 0 spiro atoms. The van der Waals surface area contributed by atoms with E-state index in [0.717, 1.165) is 18.4 Å². The van der Waals surface area contributed by atoms with E-state index in [4.69, 9.17) is 21.1 Å². The highest BCUT2D eigenvalue weighted by molar-refractivity contribution is 6.31. The first-order valence-electron chi connectivity index (χ1n) is 9.89. The summed E-state index contributed by atoms with van der Waals surface area (Å²) in [6, 6.07) is 13.7. The van der Waals surface area contributed by atoms with Crippen LogP contribution >= 0.6 is 11.6 Å². The summed E-state index contributed by atoms with van der Waals surface area (Å²) in [6.07, 6.45) is 2.35. The van der Waals surface area contributed by atoms with Crippen molar-refractivity contribution in [3.8, 4) is 5.75 Å². The van der Waals surface area contributed by atoms with Crippen molar-refractivity contribution in [1.29, 1.82) is 0 Å². The fraction of sp³-hybridized carbons (Fsp3) is 0.304. The maximum Gasteiger partial charge on any atom is 0.337 e. The van der Waals surface area contributed by atoms with Crippen molar-refractivity contribution in [2.45, 2.75) is 38.8 Å². The number of carbonyl (C=O) groups is 2. The van der Waals surface area contributed by atoms with E-state index >= 15 is 0 Å².